The highest BCUT2D eigenvalue weighted by atomic mass is 16.7. The van der Waals surface area contributed by atoms with Crippen molar-refractivity contribution in [2.75, 3.05) is 33.9 Å². The van der Waals surface area contributed by atoms with Gasteiger partial charge in [-0.3, -0.25) is 5.10 Å². The van der Waals surface area contributed by atoms with E-state index in [2.05, 4.69) is 10.2 Å². The Morgan fingerprint density at radius 2 is 1.74 bits per heavy atom. The van der Waals surface area contributed by atoms with Gasteiger partial charge in [-0.25, -0.2) is 0 Å². The maximum Gasteiger partial charge on any atom is 0.231 e. The summed E-state index contributed by atoms with van der Waals surface area (Å²) in [6.45, 7) is 0.116. The molecule has 3 N–H and O–H groups in total. The van der Waals surface area contributed by atoms with Crippen LogP contribution in [0.3, 0.4) is 0 Å². The molecule has 0 radical (unpaired) electrons. The van der Waals surface area contributed by atoms with E-state index in [1.165, 1.54) is 0 Å². The molecule has 0 amide bonds. The molecule has 1 aliphatic rings. The van der Waals surface area contributed by atoms with Gasteiger partial charge in [0.05, 0.1) is 32.6 Å². The van der Waals surface area contributed by atoms with Gasteiger partial charge in [-0.05, 0) is 30.3 Å². The molecular formula is C19H19N3O5. The van der Waals surface area contributed by atoms with Crippen LogP contribution < -0.4 is 29.4 Å². The maximum absolute atomic E-state index is 6.19. The van der Waals surface area contributed by atoms with Gasteiger partial charge < -0.3 is 29.4 Å². The Kier molecular flexibility index (Phi) is 4.15. The van der Waals surface area contributed by atoms with Crippen molar-refractivity contribution in [3.63, 3.8) is 0 Å². The van der Waals surface area contributed by atoms with Gasteiger partial charge in [-0.15, -0.1) is 0 Å². The van der Waals surface area contributed by atoms with Gasteiger partial charge >= 0.3 is 0 Å². The summed E-state index contributed by atoms with van der Waals surface area (Å²) in [5.41, 5.74) is 9.21. The molecule has 0 atom stereocenters. The summed E-state index contributed by atoms with van der Waals surface area (Å²) < 4.78 is 27.4. The second-order valence-corrected chi connectivity index (χ2v) is 5.81. The number of nitrogens with zero attached hydrogens (tertiary/aromatic N) is 1. The molecule has 0 spiro atoms. The zero-order valence-electron chi connectivity index (χ0n) is 15.2. The van der Waals surface area contributed by atoms with E-state index in [9.17, 15) is 0 Å². The van der Waals surface area contributed by atoms with Gasteiger partial charge in [0.25, 0.3) is 0 Å². The fourth-order valence-corrected chi connectivity index (χ4v) is 3.16. The topological polar surface area (TPSA) is 101 Å². The van der Waals surface area contributed by atoms with Crippen molar-refractivity contribution in [3.05, 3.63) is 30.3 Å². The molecule has 0 saturated carbocycles. The minimum absolute atomic E-state index is 0.116. The van der Waals surface area contributed by atoms with E-state index in [1.54, 1.807) is 21.3 Å². The lowest BCUT2D eigenvalue weighted by molar-refractivity contribution is 0.170. The molecule has 27 heavy (non-hydrogen) atoms. The van der Waals surface area contributed by atoms with Crippen molar-refractivity contribution in [1.82, 2.24) is 10.2 Å². The Morgan fingerprint density at radius 3 is 2.41 bits per heavy atom. The molecule has 0 unspecified atom stereocenters. The van der Waals surface area contributed by atoms with Crippen molar-refractivity contribution in [2.45, 2.75) is 0 Å². The lowest BCUT2D eigenvalue weighted by Crippen LogP contribution is -1.97. The number of hydrogen-bond donors (Lipinski definition) is 2. The third kappa shape index (κ3) is 2.66. The summed E-state index contributed by atoms with van der Waals surface area (Å²) in [5.74, 6) is 3.10. The van der Waals surface area contributed by atoms with Crippen molar-refractivity contribution in [2.24, 2.45) is 0 Å². The van der Waals surface area contributed by atoms with Crippen LogP contribution in [0.2, 0.25) is 0 Å². The SMILES string of the molecule is COc1ccc(-c2[nH]nc(N)c2-c2cc3c(c(OC)c2OC)OCO3)cc1. The number of benzene rings is 2. The fourth-order valence-electron chi connectivity index (χ4n) is 3.16. The second kappa shape index (κ2) is 6.64. The van der Waals surface area contributed by atoms with E-state index in [4.69, 9.17) is 29.4 Å². The monoisotopic (exact) mass is 369 g/mol. The Hall–Kier alpha value is -3.55. The molecule has 140 valence electrons. The molecule has 0 fully saturated rings. The molecule has 1 aliphatic heterocycles. The maximum atomic E-state index is 6.19. The van der Waals surface area contributed by atoms with Gasteiger partial charge in [-0.2, -0.15) is 5.10 Å². The fraction of sp³-hybridized carbons (Fsp3) is 0.211. The van der Waals surface area contributed by atoms with E-state index < -0.39 is 0 Å². The van der Waals surface area contributed by atoms with Crippen LogP contribution >= 0.6 is 0 Å². The highest BCUT2D eigenvalue weighted by Gasteiger charge is 2.29. The number of hydrogen-bond acceptors (Lipinski definition) is 7. The Balaban J connectivity index is 1.93. The first kappa shape index (κ1) is 16.9. The summed E-state index contributed by atoms with van der Waals surface area (Å²) in [6.07, 6.45) is 0. The molecular weight excluding hydrogens is 350 g/mol. The highest BCUT2D eigenvalue weighted by Crippen LogP contribution is 2.53. The van der Waals surface area contributed by atoms with E-state index in [0.29, 0.717) is 39.9 Å². The summed E-state index contributed by atoms with van der Waals surface area (Å²) in [4.78, 5) is 0. The van der Waals surface area contributed by atoms with Crippen LogP contribution in [0.1, 0.15) is 0 Å². The van der Waals surface area contributed by atoms with Crippen LogP contribution in [0.25, 0.3) is 22.4 Å². The van der Waals surface area contributed by atoms with Crippen LogP contribution in [0.5, 0.6) is 28.7 Å². The number of rotatable bonds is 5. The van der Waals surface area contributed by atoms with Gasteiger partial charge in [-0.1, -0.05) is 0 Å². The van der Waals surface area contributed by atoms with Crippen LogP contribution in [-0.4, -0.2) is 38.3 Å². The third-order valence-corrected chi connectivity index (χ3v) is 4.42. The van der Waals surface area contributed by atoms with Gasteiger partial charge in [0.2, 0.25) is 18.3 Å². The first-order chi connectivity index (χ1) is 13.2. The standard InChI is InChI=1S/C19H19N3O5/c1-23-11-6-4-10(5-7-11)15-14(19(20)22-21-15)12-8-13-17(27-9-26-13)18(25-3)16(12)24-2/h4-8H,9H2,1-3H3,(H3,20,21,22). The van der Waals surface area contributed by atoms with Gasteiger partial charge in [0.15, 0.2) is 17.3 Å². The molecule has 3 aromatic rings. The van der Waals surface area contributed by atoms with E-state index in [1.807, 2.05) is 30.3 Å². The zero-order chi connectivity index (χ0) is 19.0. The molecule has 4 rings (SSSR count). The largest absolute Gasteiger partial charge is 0.497 e. The first-order valence-electron chi connectivity index (χ1n) is 8.21. The lowest BCUT2D eigenvalue weighted by atomic mass is 9.98. The number of nitrogens with two attached hydrogens (primary N) is 1. The van der Waals surface area contributed by atoms with Crippen LogP contribution in [0.4, 0.5) is 5.82 Å². The number of anilines is 1. The second-order valence-electron chi connectivity index (χ2n) is 5.81. The molecule has 2 aromatic carbocycles. The number of nitrogens with one attached hydrogen (secondary N) is 1. The van der Waals surface area contributed by atoms with Crippen molar-refractivity contribution >= 4 is 5.82 Å². The number of aromatic amines is 1. The molecule has 0 bridgehead atoms. The molecule has 2 heterocycles. The average Bonchev–Trinajstić information content (AvgIpc) is 3.32. The Labute approximate surface area is 155 Å². The summed E-state index contributed by atoms with van der Waals surface area (Å²) in [5, 5.41) is 7.19. The molecule has 8 heteroatoms. The third-order valence-electron chi connectivity index (χ3n) is 4.42. The van der Waals surface area contributed by atoms with E-state index in [-0.39, 0.29) is 6.79 Å². The number of ether oxygens (including phenoxy) is 5. The number of methoxy groups -OCH3 is 3. The summed E-state index contributed by atoms with van der Waals surface area (Å²) in [6, 6.07) is 9.40. The minimum Gasteiger partial charge on any atom is -0.497 e. The van der Waals surface area contributed by atoms with E-state index >= 15 is 0 Å². The van der Waals surface area contributed by atoms with Crippen molar-refractivity contribution < 1.29 is 23.7 Å². The van der Waals surface area contributed by atoms with Crippen molar-refractivity contribution in [1.29, 1.82) is 0 Å². The molecule has 8 nitrogen and oxygen atoms in total. The zero-order valence-corrected chi connectivity index (χ0v) is 15.2. The Bertz CT molecular complexity index is 982. The molecule has 0 aliphatic carbocycles. The first-order valence-corrected chi connectivity index (χ1v) is 8.21. The number of aromatic nitrogens is 2. The Morgan fingerprint density at radius 1 is 1.00 bits per heavy atom. The number of fused-ring (bicyclic) bond motifs is 1. The minimum atomic E-state index is 0.116. The van der Waals surface area contributed by atoms with Gasteiger partial charge in [0, 0.05) is 11.1 Å². The smallest absolute Gasteiger partial charge is 0.231 e. The van der Waals surface area contributed by atoms with Crippen LogP contribution in [0, 0.1) is 0 Å². The number of H-pyrrole nitrogens is 1. The van der Waals surface area contributed by atoms with Gasteiger partial charge in [0.1, 0.15) is 5.75 Å². The average molecular weight is 369 g/mol. The normalized spacial score (nSPS) is 12.1. The summed E-state index contributed by atoms with van der Waals surface area (Å²) >= 11 is 0. The lowest BCUT2D eigenvalue weighted by Gasteiger charge is -2.15. The summed E-state index contributed by atoms with van der Waals surface area (Å²) in [7, 11) is 4.73. The highest BCUT2D eigenvalue weighted by molar-refractivity contribution is 5.93. The quantitative estimate of drug-likeness (QED) is 0.713. The predicted octanol–water partition coefficient (Wildman–Crippen LogP) is 3.08. The van der Waals surface area contributed by atoms with Crippen LogP contribution in [-0.2, 0) is 0 Å². The molecule has 0 saturated heterocycles. The van der Waals surface area contributed by atoms with Crippen molar-refractivity contribution in [3.8, 4) is 51.1 Å². The molecule has 1 aromatic heterocycles. The number of nitrogen functional groups attached to an aromatic ring is 1. The van der Waals surface area contributed by atoms with E-state index in [0.717, 1.165) is 17.0 Å². The van der Waals surface area contributed by atoms with Crippen LogP contribution in [0.15, 0.2) is 30.3 Å². The predicted molar refractivity (Wildman–Crippen MR) is 99.7 cm³/mol.